The third kappa shape index (κ3) is 5.49. The molecule has 3 aromatic carbocycles. The van der Waals surface area contributed by atoms with Gasteiger partial charge in [0.15, 0.2) is 5.12 Å². The Labute approximate surface area is 198 Å². The van der Waals surface area contributed by atoms with Crippen LogP contribution in [0.3, 0.4) is 0 Å². The molecular formula is C28H25NO3S. The van der Waals surface area contributed by atoms with E-state index in [2.05, 4.69) is 24.3 Å². The number of pyridine rings is 1. The number of fused-ring (bicyclic) bond motifs is 1. The van der Waals surface area contributed by atoms with Gasteiger partial charge in [-0.25, -0.2) is 4.98 Å². The number of para-hydroxylation sites is 1. The summed E-state index contributed by atoms with van der Waals surface area (Å²) in [5.74, 6) is 0.589. The second-order valence-corrected chi connectivity index (χ2v) is 8.98. The number of hydrogen-bond acceptors (Lipinski definition) is 5. The molecule has 1 unspecified atom stereocenters. The van der Waals surface area contributed by atoms with Crippen LogP contribution in [0.2, 0.25) is 0 Å². The van der Waals surface area contributed by atoms with Gasteiger partial charge in [0.1, 0.15) is 23.4 Å². The first-order valence-electron chi connectivity index (χ1n) is 10.9. The number of aromatic nitrogens is 1. The summed E-state index contributed by atoms with van der Waals surface area (Å²) in [5, 5.41) is 0.611. The molecule has 33 heavy (non-hydrogen) atoms. The van der Waals surface area contributed by atoms with Crippen LogP contribution in [0.5, 0.6) is 5.75 Å². The predicted octanol–water partition coefficient (Wildman–Crippen LogP) is 6.58. The van der Waals surface area contributed by atoms with Crippen LogP contribution < -0.4 is 4.74 Å². The molecule has 0 bridgehead atoms. The van der Waals surface area contributed by atoms with Gasteiger partial charge in [0.25, 0.3) is 0 Å². The van der Waals surface area contributed by atoms with Crippen molar-refractivity contribution < 1.29 is 14.3 Å². The summed E-state index contributed by atoms with van der Waals surface area (Å²) in [5.41, 5.74) is 5.08. The standard InChI is InChI=1S/C28H25NO3S/c1-3-28(31)33-27(19(2)30)18-32-22-15-13-21(14-16-22)26-17-24(20-9-5-4-6-10-20)23-11-7-8-12-25(23)29-26/h4-17,27H,3,18H2,1-2H3. The van der Waals surface area contributed by atoms with Gasteiger partial charge in [-0.2, -0.15) is 0 Å². The SMILES string of the molecule is CCC(=O)SC(COc1ccc(-c2cc(-c3ccccc3)c3ccccc3n2)cc1)C(C)=O. The maximum absolute atomic E-state index is 11.9. The maximum Gasteiger partial charge on any atom is 0.189 e. The molecule has 1 heterocycles. The Bertz CT molecular complexity index is 1270. The van der Waals surface area contributed by atoms with E-state index >= 15 is 0 Å². The molecular weight excluding hydrogens is 430 g/mol. The number of ether oxygens (including phenoxy) is 1. The molecule has 166 valence electrons. The van der Waals surface area contributed by atoms with Crippen molar-refractivity contribution in [2.75, 3.05) is 6.61 Å². The van der Waals surface area contributed by atoms with E-state index in [1.54, 1.807) is 6.92 Å². The third-order valence-electron chi connectivity index (χ3n) is 5.37. The zero-order chi connectivity index (χ0) is 23.2. The number of hydrogen-bond donors (Lipinski definition) is 0. The van der Waals surface area contributed by atoms with Gasteiger partial charge in [-0.15, -0.1) is 0 Å². The van der Waals surface area contributed by atoms with Gasteiger partial charge in [-0.05, 0) is 54.4 Å². The predicted molar refractivity (Wildman–Crippen MR) is 135 cm³/mol. The second kappa shape index (κ2) is 10.5. The van der Waals surface area contributed by atoms with Crippen LogP contribution in [0, 0.1) is 0 Å². The Hall–Kier alpha value is -3.44. The van der Waals surface area contributed by atoms with Gasteiger partial charge in [0.05, 0.1) is 11.2 Å². The van der Waals surface area contributed by atoms with Crippen LogP contribution in [-0.4, -0.2) is 27.7 Å². The van der Waals surface area contributed by atoms with Gasteiger partial charge < -0.3 is 4.74 Å². The molecule has 0 saturated carbocycles. The monoisotopic (exact) mass is 455 g/mol. The number of thioether (sulfide) groups is 1. The molecule has 0 aliphatic heterocycles. The van der Waals surface area contributed by atoms with Crippen LogP contribution in [0.1, 0.15) is 20.3 Å². The molecule has 1 aromatic heterocycles. The fourth-order valence-electron chi connectivity index (χ4n) is 3.55. The van der Waals surface area contributed by atoms with Crippen LogP contribution in [0.4, 0.5) is 0 Å². The summed E-state index contributed by atoms with van der Waals surface area (Å²) < 4.78 is 5.81. The molecule has 4 rings (SSSR count). The minimum Gasteiger partial charge on any atom is -0.492 e. The largest absolute Gasteiger partial charge is 0.492 e. The summed E-state index contributed by atoms with van der Waals surface area (Å²) in [7, 11) is 0. The summed E-state index contributed by atoms with van der Waals surface area (Å²) in [4.78, 5) is 28.4. The fourth-order valence-corrected chi connectivity index (χ4v) is 4.34. The van der Waals surface area contributed by atoms with Crippen LogP contribution in [0.15, 0.2) is 84.9 Å². The van der Waals surface area contributed by atoms with Crippen molar-refractivity contribution in [1.82, 2.24) is 4.98 Å². The molecule has 4 aromatic rings. The summed E-state index contributed by atoms with van der Waals surface area (Å²) in [6.07, 6.45) is 0.396. The first-order chi connectivity index (χ1) is 16.0. The lowest BCUT2D eigenvalue weighted by Gasteiger charge is -2.14. The van der Waals surface area contributed by atoms with Crippen molar-refractivity contribution in [2.45, 2.75) is 25.5 Å². The van der Waals surface area contributed by atoms with E-state index in [4.69, 9.17) is 9.72 Å². The van der Waals surface area contributed by atoms with Gasteiger partial charge in [0, 0.05) is 17.4 Å². The first kappa shape index (κ1) is 22.7. The molecule has 0 amide bonds. The zero-order valence-electron chi connectivity index (χ0n) is 18.7. The number of carbonyl (C=O) groups excluding carboxylic acids is 2. The van der Waals surface area contributed by atoms with Gasteiger partial charge in [0.2, 0.25) is 0 Å². The maximum atomic E-state index is 11.9. The lowest BCUT2D eigenvalue weighted by atomic mass is 9.98. The van der Waals surface area contributed by atoms with E-state index in [0.29, 0.717) is 12.2 Å². The molecule has 0 aliphatic rings. The molecule has 4 nitrogen and oxygen atoms in total. The zero-order valence-corrected chi connectivity index (χ0v) is 19.5. The number of Topliss-reactive ketones (excluding diaryl/α,β-unsaturated/α-hetero) is 1. The smallest absolute Gasteiger partial charge is 0.189 e. The second-order valence-electron chi connectivity index (χ2n) is 7.72. The Morgan fingerprint density at radius 1 is 0.909 bits per heavy atom. The molecule has 0 saturated heterocycles. The van der Waals surface area contributed by atoms with E-state index in [1.165, 1.54) is 6.92 Å². The molecule has 0 aliphatic carbocycles. The number of rotatable bonds is 8. The topological polar surface area (TPSA) is 56.3 Å². The average Bonchev–Trinajstić information content (AvgIpc) is 2.86. The first-order valence-corrected chi connectivity index (χ1v) is 11.8. The van der Waals surface area contributed by atoms with Crippen LogP contribution in [-0.2, 0) is 9.59 Å². The van der Waals surface area contributed by atoms with Crippen molar-refractivity contribution in [2.24, 2.45) is 0 Å². The molecule has 5 heteroatoms. The number of nitrogens with zero attached hydrogens (tertiary/aromatic N) is 1. The number of carbonyl (C=O) groups is 2. The highest BCUT2D eigenvalue weighted by atomic mass is 32.2. The summed E-state index contributed by atoms with van der Waals surface area (Å²) >= 11 is 1.05. The lowest BCUT2D eigenvalue weighted by molar-refractivity contribution is -0.117. The minimum atomic E-state index is -0.493. The molecule has 0 radical (unpaired) electrons. The van der Waals surface area contributed by atoms with Gasteiger partial charge >= 0.3 is 0 Å². The van der Waals surface area contributed by atoms with Crippen molar-refractivity contribution in [3.05, 3.63) is 84.9 Å². The fraction of sp³-hybridized carbons (Fsp3) is 0.179. The Morgan fingerprint density at radius 2 is 1.61 bits per heavy atom. The normalized spacial score (nSPS) is 11.8. The number of ketones is 1. The highest BCUT2D eigenvalue weighted by molar-refractivity contribution is 8.14. The summed E-state index contributed by atoms with van der Waals surface area (Å²) in [6, 6.07) is 28.3. The minimum absolute atomic E-state index is 0.00857. The Kier molecular flexibility index (Phi) is 7.20. The van der Waals surface area contributed by atoms with Crippen molar-refractivity contribution in [1.29, 1.82) is 0 Å². The van der Waals surface area contributed by atoms with Crippen LogP contribution in [0.25, 0.3) is 33.3 Å². The lowest BCUT2D eigenvalue weighted by Crippen LogP contribution is -2.24. The summed E-state index contributed by atoms with van der Waals surface area (Å²) in [6.45, 7) is 3.44. The molecule has 1 atom stereocenters. The highest BCUT2D eigenvalue weighted by Gasteiger charge is 2.19. The Morgan fingerprint density at radius 3 is 2.30 bits per heavy atom. The Balaban J connectivity index is 1.58. The van der Waals surface area contributed by atoms with Crippen molar-refractivity contribution in [3.8, 4) is 28.1 Å². The molecule has 0 fully saturated rings. The molecule has 0 spiro atoms. The van der Waals surface area contributed by atoms with E-state index in [1.807, 2.05) is 60.7 Å². The van der Waals surface area contributed by atoms with E-state index in [9.17, 15) is 9.59 Å². The van der Waals surface area contributed by atoms with E-state index in [0.717, 1.165) is 45.0 Å². The average molecular weight is 456 g/mol. The highest BCUT2D eigenvalue weighted by Crippen LogP contribution is 2.32. The number of benzene rings is 3. The van der Waals surface area contributed by atoms with Crippen LogP contribution >= 0.6 is 11.8 Å². The van der Waals surface area contributed by atoms with Gasteiger partial charge in [-0.3, -0.25) is 9.59 Å². The van der Waals surface area contributed by atoms with Crippen molar-refractivity contribution in [3.63, 3.8) is 0 Å². The molecule has 0 N–H and O–H groups in total. The van der Waals surface area contributed by atoms with E-state index < -0.39 is 5.25 Å². The third-order valence-corrected chi connectivity index (χ3v) is 6.67. The van der Waals surface area contributed by atoms with Gasteiger partial charge in [-0.1, -0.05) is 67.2 Å². The van der Waals surface area contributed by atoms with E-state index in [-0.39, 0.29) is 17.5 Å². The quantitative estimate of drug-likeness (QED) is 0.301. The van der Waals surface area contributed by atoms with Crippen molar-refractivity contribution >= 4 is 33.6 Å².